The maximum Gasteiger partial charge on any atom is 0.293 e. The van der Waals surface area contributed by atoms with Gasteiger partial charge in [-0.1, -0.05) is 19.8 Å². The highest BCUT2D eigenvalue weighted by molar-refractivity contribution is 7.18. The molecule has 0 amide bonds. The van der Waals surface area contributed by atoms with Gasteiger partial charge in [0.05, 0.1) is 20.1 Å². The Labute approximate surface area is 127 Å². The van der Waals surface area contributed by atoms with Crippen LogP contribution < -0.4 is 5.32 Å². The lowest BCUT2D eigenvalue weighted by molar-refractivity contribution is -0.383. The molecular weight excluding hydrogens is 286 g/mol. The van der Waals surface area contributed by atoms with Crippen LogP contribution in [0.5, 0.6) is 0 Å². The van der Waals surface area contributed by atoms with Crippen LogP contribution in [0, 0.1) is 22.5 Å². The molecule has 1 aromatic carbocycles. The highest BCUT2D eigenvalue weighted by Gasteiger charge is 2.29. The number of benzene rings is 1. The number of nitro benzene ring substituents is 1. The molecule has 6 heteroatoms. The summed E-state index contributed by atoms with van der Waals surface area (Å²) in [6.45, 7) is 4.95. The minimum absolute atomic E-state index is 0.146. The standard InChI is InChI=1S/C15H19N3O2S/c1-10-17-12-7-11(13(18(19)20)8-14(12)21-10)16-9-15(2)5-3-4-6-15/h7-8,16H,3-6,9H2,1-2H3. The van der Waals surface area contributed by atoms with Crippen LogP contribution in [-0.2, 0) is 0 Å². The summed E-state index contributed by atoms with van der Waals surface area (Å²) >= 11 is 1.49. The first-order valence-electron chi connectivity index (χ1n) is 7.26. The van der Waals surface area contributed by atoms with E-state index in [-0.39, 0.29) is 16.0 Å². The molecule has 0 bridgehead atoms. The Balaban J connectivity index is 1.91. The van der Waals surface area contributed by atoms with Crippen LogP contribution >= 0.6 is 11.3 Å². The average Bonchev–Trinajstić information content (AvgIpc) is 3.00. The number of anilines is 1. The molecule has 0 spiro atoms. The van der Waals surface area contributed by atoms with Crippen LogP contribution in [0.2, 0.25) is 0 Å². The summed E-state index contributed by atoms with van der Waals surface area (Å²) in [6, 6.07) is 3.45. The minimum atomic E-state index is -0.312. The molecule has 1 heterocycles. The Morgan fingerprint density at radius 3 is 2.81 bits per heavy atom. The van der Waals surface area contributed by atoms with Gasteiger partial charge in [-0.3, -0.25) is 10.1 Å². The van der Waals surface area contributed by atoms with Crippen molar-refractivity contribution >= 4 is 32.9 Å². The molecule has 0 atom stereocenters. The third-order valence-corrected chi connectivity index (χ3v) is 5.26. The van der Waals surface area contributed by atoms with Crippen LogP contribution in [0.4, 0.5) is 11.4 Å². The van der Waals surface area contributed by atoms with Crippen LogP contribution in [0.15, 0.2) is 12.1 Å². The first kappa shape index (κ1) is 14.3. The quantitative estimate of drug-likeness (QED) is 0.667. The fourth-order valence-corrected chi connectivity index (χ4v) is 3.93. The molecule has 0 aliphatic heterocycles. The van der Waals surface area contributed by atoms with Crippen molar-refractivity contribution in [1.82, 2.24) is 4.98 Å². The fourth-order valence-electron chi connectivity index (χ4n) is 3.08. The van der Waals surface area contributed by atoms with Gasteiger partial charge in [-0.05, 0) is 31.2 Å². The smallest absolute Gasteiger partial charge is 0.293 e. The maximum absolute atomic E-state index is 11.3. The molecule has 1 saturated carbocycles. The van der Waals surface area contributed by atoms with Gasteiger partial charge in [0.25, 0.3) is 5.69 Å². The van der Waals surface area contributed by atoms with E-state index >= 15 is 0 Å². The van der Waals surface area contributed by atoms with E-state index in [4.69, 9.17) is 0 Å². The lowest BCUT2D eigenvalue weighted by Crippen LogP contribution is -2.23. The predicted octanol–water partition coefficient (Wildman–Crippen LogP) is 4.51. The van der Waals surface area contributed by atoms with Crippen LogP contribution in [0.1, 0.15) is 37.6 Å². The zero-order valence-corrected chi connectivity index (χ0v) is 13.1. The van der Waals surface area contributed by atoms with Crippen LogP contribution in [-0.4, -0.2) is 16.5 Å². The maximum atomic E-state index is 11.3. The van der Waals surface area contributed by atoms with E-state index in [2.05, 4.69) is 17.2 Å². The largest absolute Gasteiger partial charge is 0.379 e. The van der Waals surface area contributed by atoms with Crippen LogP contribution in [0.25, 0.3) is 10.2 Å². The third-order valence-electron chi connectivity index (χ3n) is 4.33. The average molecular weight is 305 g/mol. The van der Waals surface area contributed by atoms with Crippen molar-refractivity contribution in [3.8, 4) is 0 Å². The Bertz CT molecular complexity index is 690. The van der Waals surface area contributed by atoms with E-state index in [9.17, 15) is 10.1 Å². The number of hydrogen-bond donors (Lipinski definition) is 1. The van der Waals surface area contributed by atoms with Crippen molar-refractivity contribution in [2.24, 2.45) is 5.41 Å². The van der Waals surface area contributed by atoms with Gasteiger partial charge in [0.2, 0.25) is 0 Å². The number of aromatic nitrogens is 1. The number of rotatable bonds is 4. The second-order valence-electron chi connectivity index (χ2n) is 6.20. The molecule has 1 N–H and O–H groups in total. The van der Waals surface area contributed by atoms with Gasteiger partial charge in [-0.15, -0.1) is 11.3 Å². The lowest BCUT2D eigenvalue weighted by Gasteiger charge is -2.24. The molecule has 21 heavy (non-hydrogen) atoms. The van der Waals surface area contributed by atoms with Crippen molar-refractivity contribution in [2.75, 3.05) is 11.9 Å². The molecule has 0 radical (unpaired) electrons. The molecule has 0 unspecified atom stereocenters. The van der Waals surface area contributed by atoms with Crippen molar-refractivity contribution in [3.63, 3.8) is 0 Å². The van der Waals surface area contributed by atoms with E-state index in [0.29, 0.717) is 5.69 Å². The summed E-state index contributed by atoms with van der Waals surface area (Å²) in [5, 5.41) is 15.5. The third kappa shape index (κ3) is 2.85. The molecule has 1 fully saturated rings. The zero-order chi connectivity index (χ0) is 15.0. The number of aryl methyl sites for hydroxylation is 1. The topological polar surface area (TPSA) is 68.1 Å². The minimum Gasteiger partial charge on any atom is -0.379 e. The number of nitrogens with zero attached hydrogens (tertiary/aromatic N) is 2. The molecule has 1 aliphatic rings. The van der Waals surface area contributed by atoms with E-state index in [0.717, 1.165) is 21.8 Å². The van der Waals surface area contributed by atoms with Gasteiger partial charge in [-0.2, -0.15) is 0 Å². The van der Waals surface area contributed by atoms with Gasteiger partial charge < -0.3 is 5.32 Å². The van der Waals surface area contributed by atoms with E-state index < -0.39 is 0 Å². The Morgan fingerprint density at radius 2 is 2.14 bits per heavy atom. The van der Waals surface area contributed by atoms with E-state index in [1.54, 1.807) is 6.07 Å². The first-order valence-corrected chi connectivity index (χ1v) is 8.08. The van der Waals surface area contributed by atoms with Gasteiger partial charge in [0.15, 0.2) is 0 Å². The molecule has 3 rings (SSSR count). The highest BCUT2D eigenvalue weighted by Crippen LogP contribution is 2.39. The van der Waals surface area contributed by atoms with Gasteiger partial charge in [-0.25, -0.2) is 4.98 Å². The SMILES string of the molecule is Cc1nc2cc(NCC3(C)CCCC3)c([N+](=O)[O-])cc2s1. The Kier molecular flexibility index (Phi) is 3.57. The second kappa shape index (κ2) is 5.26. The van der Waals surface area contributed by atoms with Crippen LogP contribution in [0.3, 0.4) is 0 Å². The first-order chi connectivity index (χ1) is 9.97. The zero-order valence-electron chi connectivity index (χ0n) is 12.3. The molecule has 2 aromatic rings. The Morgan fingerprint density at radius 1 is 1.43 bits per heavy atom. The van der Waals surface area contributed by atoms with Gasteiger partial charge in [0, 0.05) is 12.6 Å². The lowest BCUT2D eigenvalue weighted by atomic mass is 9.89. The molecule has 1 aliphatic carbocycles. The summed E-state index contributed by atoms with van der Waals surface area (Å²) < 4.78 is 0.872. The van der Waals surface area contributed by atoms with Crippen molar-refractivity contribution < 1.29 is 4.92 Å². The number of fused-ring (bicyclic) bond motifs is 1. The summed E-state index contributed by atoms with van der Waals surface area (Å²) in [5.74, 6) is 0. The number of thiazole rings is 1. The monoisotopic (exact) mass is 305 g/mol. The number of nitrogens with one attached hydrogen (secondary N) is 1. The fraction of sp³-hybridized carbons (Fsp3) is 0.533. The van der Waals surface area contributed by atoms with E-state index in [1.165, 1.54) is 37.0 Å². The summed E-state index contributed by atoms with van der Waals surface area (Å²) in [7, 11) is 0. The summed E-state index contributed by atoms with van der Waals surface area (Å²) in [4.78, 5) is 15.4. The molecule has 0 saturated heterocycles. The second-order valence-corrected chi connectivity index (χ2v) is 7.43. The van der Waals surface area contributed by atoms with Crippen molar-refractivity contribution in [2.45, 2.75) is 39.5 Å². The van der Waals surface area contributed by atoms with Gasteiger partial charge in [0.1, 0.15) is 5.69 Å². The molecule has 1 aromatic heterocycles. The number of nitro groups is 1. The highest BCUT2D eigenvalue weighted by atomic mass is 32.1. The molecule has 5 nitrogen and oxygen atoms in total. The van der Waals surface area contributed by atoms with E-state index in [1.807, 2.05) is 13.0 Å². The Hall–Kier alpha value is -1.69. The summed E-state index contributed by atoms with van der Waals surface area (Å²) in [6.07, 6.45) is 4.88. The van der Waals surface area contributed by atoms with Crippen molar-refractivity contribution in [1.29, 1.82) is 0 Å². The molecular formula is C15H19N3O2S. The number of hydrogen-bond acceptors (Lipinski definition) is 5. The van der Waals surface area contributed by atoms with Gasteiger partial charge >= 0.3 is 0 Å². The van der Waals surface area contributed by atoms with Crippen molar-refractivity contribution in [3.05, 3.63) is 27.3 Å². The predicted molar refractivity (Wildman–Crippen MR) is 86.1 cm³/mol. The molecule has 112 valence electrons. The normalized spacial score (nSPS) is 17.2. The summed E-state index contributed by atoms with van der Waals surface area (Å²) in [5.41, 5.74) is 1.82.